The van der Waals surface area contributed by atoms with Crippen LogP contribution >= 0.6 is 0 Å². The van der Waals surface area contributed by atoms with Crippen molar-refractivity contribution in [2.75, 3.05) is 5.32 Å². The molecule has 0 unspecified atom stereocenters. The molecule has 1 heterocycles. The fourth-order valence-corrected chi connectivity index (χ4v) is 1.69. The van der Waals surface area contributed by atoms with Crippen LogP contribution in [0, 0.1) is 28.4 Å². The van der Waals surface area contributed by atoms with Crippen LogP contribution in [0.5, 0.6) is 0 Å². The Bertz CT molecular complexity index is 693. The van der Waals surface area contributed by atoms with Gasteiger partial charge in [0.2, 0.25) is 0 Å². The third-order valence-electron chi connectivity index (χ3n) is 2.62. The summed E-state index contributed by atoms with van der Waals surface area (Å²) in [4.78, 5) is 18.6. The van der Waals surface area contributed by atoms with Crippen molar-refractivity contribution in [2.24, 2.45) is 0 Å². The highest BCUT2D eigenvalue weighted by Gasteiger charge is 2.14. The van der Waals surface area contributed by atoms with E-state index in [4.69, 9.17) is 5.26 Å². The molecule has 1 N–H and O–H groups in total. The van der Waals surface area contributed by atoms with Crippen molar-refractivity contribution in [2.45, 2.75) is 13.5 Å². The number of aromatic nitrogens is 2. The van der Waals surface area contributed by atoms with Crippen molar-refractivity contribution in [1.29, 1.82) is 5.26 Å². The first kappa shape index (κ1) is 13.4. The summed E-state index contributed by atoms with van der Waals surface area (Å²) >= 11 is 0. The van der Waals surface area contributed by atoms with Crippen LogP contribution in [0.2, 0.25) is 0 Å². The van der Waals surface area contributed by atoms with E-state index < -0.39 is 4.92 Å². The molecule has 2 aromatic rings. The van der Waals surface area contributed by atoms with Gasteiger partial charge in [-0.25, -0.2) is 9.97 Å². The first-order valence-corrected chi connectivity index (χ1v) is 5.81. The molecule has 0 bridgehead atoms. The molecule has 0 atom stereocenters. The van der Waals surface area contributed by atoms with E-state index in [2.05, 4.69) is 15.3 Å². The SMILES string of the molecule is Cc1nccc(CNc2ccc(C#N)cc2[N+](=O)[O-])n1. The molecule has 0 spiro atoms. The van der Waals surface area contributed by atoms with Crippen molar-refractivity contribution >= 4 is 11.4 Å². The molecule has 0 amide bonds. The fourth-order valence-electron chi connectivity index (χ4n) is 1.69. The topological polar surface area (TPSA) is 105 Å². The molecule has 0 fully saturated rings. The maximum atomic E-state index is 11.0. The van der Waals surface area contributed by atoms with Gasteiger partial charge in [0.1, 0.15) is 11.5 Å². The van der Waals surface area contributed by atoms with Crippen LogP contribution in [0.15, 0.2) is 30.5 Å². The van der Waals surface area contributed by atoms with Gasteiger partial charge in [-0.2, -0.15) is 5.26 Å². The lowest BCUT2D eigenvalue weighted by Crippen LogP contribution is -2.05. The van der Waals surface area contributed by atoms with E-state index in [1.54, 1.807) is 19.2 Å². The van der Waals surface area contributed by atoms with Gasteiger partial charge >= 0.3 is 0 Å². The molecule has 0 saturated carbocycles. The van der Waals surface area contributed by atoms with Crippen LogP contribution in [-0.2, 0) is 6.54 Å². The first-order valence-electron chi connectivity index (χ1n) is 5.81. The molecule has 0 radical (unpaired) electrons. The number of nitriles is 1. The van der Waals surface area contributed by atoms with Crippen LogP contribution in [0.1, 0.15) is 17.1 Å². The maximum Gasteiger partial charge on any atom is 0.293 e. The molecule has 0 aliphatic carbocycles. The second-order valence-corrected chi connectivity index (χ2v) is 4.05. The van der Waals surface area contributed by atoms with Crippen molar-refractivity contribution in [1.82, 2.24) is 9.97 Å². The van der Waals surface area contributed by atoms with Crippen molar-refractivity contribution in [3.05, 3.63) is 57.7 Å². The summed E-state index contributed by atoms with van der Waals surface area (Å²) in [5.41, 5.74) is 1.20. The molecule has 1 aromatic heterocycles. The van der Waals surface area contributed by atoms with Crippen LogP contribution in [0.4, 0.5) is 11.4 Å². The van der Waals surface area contributed by atoms with Gasteiger partial charge in [-0.05, 0) is 25.1 Å². The lowest BCUT2D eigenvalue weighted by molar-refractivity contribution is -0.384. The Morgan fingerprint density at radius 3 is 2.90 bits per heavy atom. The van der Waals surface area contributed by atoms with Gasteiger partial charge in [-0.1, -0.05) is 0 Å². The van der Waals surface area contributed by atoms with E-state index >= 15 is 0 Å². The average Bonchev–Trinajstić information content (AvgIpc) is 2.45. The minimum absolute atomic E-state index is 0.130. The number of hydrogen-bond acceptors (Lipinski definition) is 6. The van der Waals surface area contributed by atoms with Crippen molar-refractivity contribution in [3.8, 4) is 6.07 Å². The monoisotopic (exact) mass is 269 g/mol. The van der Waals surface area contributed by atoms with Crippen LogP contribution in [0.3, 0.4) is 0 Å². The number of nitrogens with one attached hydrogen (secondary N) is 1. The lowest BCUT2D eigenvalue weighted by atomic mass is 10.2. The number of anilines is 1. The zero-order valence-corrected chi connectivity index (χ0v) is 10.7. The number of hydrogen-bond donors (Lipinski definition) is 1. The number of aryl methyl sites for hydroxylation is 1. The summed E-state index contributed by atoms with van der Waals surface area (Å²) < 4.78 is 0. The van der Waals surface area contributed by atoms with Gasteiger partial charge in [-0.3, -0.25) is 10.1 Å². The predicted molar refractivity (Wildman–Crippen MR) is 71.9 cm³/mol. The number of benzene rings is 1. The van der Waals surface area contributed by atoms with Gasteiger partial charge < -0.3 is 5.32 Å². The zero-order chi connectivity index (χ0) is 14.5. The number of nitro groups is 1. The Kier molecular flexibility index (Phi) is 3.86. The normalized spacial score (nSPS) is 9.80. The summed E-state index contributed by atoms with van der Waals surface area (Å²) in [6, 6.07) is 7.90. The minimum atomic E-state index is -0.519. The highest BCUT2D eigenvalue weighted by atomic mass is 16.6. The average molecular weight is 269 g/mol. The largest absolute Gasteiger partial charge is 0.374 e. The second-order valence-electron chi connectivity index (χ2n) is 4.05. The molecule has 7 heteroatoms. The second kappa shape index (κ2) is 5.75. The smallest absolute Gasteiger partial charge is 0.293 e. The van der Waals surface area contributed by atoms with E-state index in [-0.39, 0.29) is 11.3 Å². The van der Waals surface area contributed by atoms with Crippen LogP contribution < -0.4 is 5.32 Å². The standard InChI is InChI=1S/C13H11N5O2/c1-9-15-5-4-11(17-9)8-16-12-3-2-10(7-14)6-13(12)18(19)20/h2-6,16H,8H2,1H3. The summed E-state index contributed by atoms with van der Waals surface area (Å²) in [7, 11) is 0. The van der Waals surface area contributed by atoms with Crippen molar-refractivity contribution < 1.29 is 4.92 Å². The Morgan fingerprint density at radius 1 is 1.45 bits per heavy atom. The minimum Gasteiger partial charge on any atom is -0.374 e. The molecule has 2 rings (SSSR count). The summed E-state index contributed by atoms with van der Waals surface area (Å²) in [5, 5.41) is 22.7. The molecular formula is C13H11N5O2. The van der Waals surface area contributed by atoms with Crippen molar-refractivity contribution in [3.63, 3.8) is 0 Å². The Labute approximate surface area is 115 Å². The van der Waals surface area contributed by atoms with Gasteiger partial charge in [0.25, 0.3) is 5.69 Å². The van der Waals surface area contributed by atoms with E-state index in [0.717, 1.165) is 5.69 Å². The third kappa shape index (κ3) is 3.05. The first-order chi connectivity index (χ1) is 9.60. The van der Waals surface area contributed by atoms with E-state index in [1.807, 2.05) is 6.07 Å². The van der Waals surface area contributed by atoms with E-state index in [9.17, 15) is 10.1 Å². The quantitative estimate of drug-likeness (QED) is 0.673. The fraction of sp³-hybridized carbons (Fsp3) is 0.154. The number of nitro benzene ring substituents is 1. The lowest BCUT2D eigenvalue weighted by Gasteiger charge is -2.07. The van der Waals surface area contributed by atoms with Crippen LogP contribution in [0.25, 0.3) is 0 Å². The van der Waals surface area contributed by atoms with Gasteiger partial charge in [-0.15, -0.1) is 0 Å². The summed E-state index contributed by atoms with van der Waals surface area (Å²) in [5.74, 6) is 0.638. The Balaban J connectivity index is 2.21. The zero-order valence-electron chi connectivity index (χ0n) is 10.7. The molecule has 0 aliphatic heterocycles. The summed E-state index contributed by atoms with van der Waals surface area (Å²) in [6.45, 7) is 2.11. The Morgan fingerprint density at radius 2 is 2.25 bits per heavy atom. The molecule has 20 heavy (non-hydrogen) atoms. The van der Waals surface area contributed by atoms with Gasteiger partial charge in [0, 0.05) is 12.3 Å². The maximum absolute atomic E-state index is 11.0. The highest BCUT2D eigenvalue weighted by molar-refractivity contribution is 5.64. The molecule has 7 nitrogen and oxygen atoms in total. The number of nitrogens with zero attached hydrogens (tertiary/aromatic N) is 4. The molecular weight excluding hydrogens is 258 g/mol. The third-order valence-corrected chi connectivity index (χ3v) is 2.62. The van der Waals surface area contributed by atoms with Gasteiger partial charge in [0.05, 0.1) is 28.8 Å². The highest BCUT2D eigenvalue weighted by Crippen LogP contribution is 2.25. The predicted octanol–water partition coefficient (Wildman–Crippen LogP) is 2.18. The number of rotatable bonds is 4. The molecule has 0 aliphatic rings. The molecule has 1 aromatic carbocycles. The van der Waals surface area contributed by atoms with Crippen LogP contribution in [-0.4, -0.2) is 14.9 Å². The summed E-state index contributed by atoms with van der Waals surface area (Å²) in [6.07, 6.45) is 1.63. The molecule has 0 saturated heterocycles. The Hall–Kier alpha value is -3.01. The van der Waals surface area contributed by atoms with Gasteiger partial charge in [0.15, 0.2) is 0 Å². The molecule has 100 valence electrons. The van der Waals surface area contributed by atoms with E-state index in [0.29, 0.717) is 18.1 Å². The van der Waals surface area contributed by atoms with E-state index in [1.165, 1.54) is 18.2 Å².